The van der Waals surface area contributed by atoms with Crippen LogP contribution in [0.15, 0.2) is 54.7 Å². The molecule has 31 heavy (non-hydrogen) atoms. The average Bonchev–Trinajstić information content (AvgIpc) is 2.78. The molecule has 1 aliphatic rings. The highest BCUT2D eigenvalue weighted by Crippen LogP contribution is 2.34. The van der Waals surface area contributed by atoms with E-state index in [4.69, 9.17) is 16.3 Å². The molecule has 1 unspecified atom stereocenters. The molecule has 0 spiro atoms. The number of piperidine rings is 1. The van der Waals surface area contributed by atoms with Crippen molar-refractivity contribution in [3.05, 3.63) is 59.8 Å². The molecule has 1 fully saturated rings. The standard InChI is InChI=1S/C24H23ClN2O4/c1-15(23(28)27-12-4-5-16(14-27)24(29)30)31-17-8-9-20-18(10-11-26-22(20)13-17)19-6-2-3-7-21(19)25/h2-3,6-11,13,15-16H,4-5,12,14H2,1H3,(H,29,30)/t15-,16?/m0/s1. The van der Waals surface area contributed by atoms with Gasteiger partial charge >= 0.3 is 5.97 Å². The predicted molar refractivity (Wildman–Crippen MR) is 119 cm³/mol. The van der Waals surface area contributed by atoms with Gasteiger partial charge in [-0.25, -0.2) is 0 Å². The van der Waals surface area contributed by atoms with Gasteiger partial charge in [0.25, 0.3) is 5.91 Å². The minimum absolute atomic E-state index is 0.205. The molecule has 2 aromatic carbocycles. The maximum atomic E-state index is 12.8. The molecule has 0 saturated carbocycles. The maximum absolute atomic E-state index is 12.8. The zero-order valence-corrected chi connectivity index (χ0v) is 17.9. The van der Waals surface area contributed by atoms with E-state index in [1.165, 1.54) is 0 Å². The molecule has 0 aliphatic carbocycles. The Balaban J connectivity index is 1.53. The van der Waals surface area contributed by atoms with Crippen LogP contribution in [-0.2, 0) is 9.59 Å². The number of carbonyl (C=O) groups excluding carboxylic acids is 1. The van der Waals surface area contributed by atoms with Crippen molar-refractivity contribution in [1.82, 2.24) is 9.88 Å². The number of aromatic nitrogens is 1. The normalized spacial score (nSPS) is 17.4. The molecule has 3 aromatic rings. The first-order valence-corrected chi connectivity index (χ1v) is 10.6. The van der Waals surface area contributed by atoms with Crippen molar-refractivity contribution < 1.29 is 19.4 Å². The van der Waals surface area contributed by atoms with Gasteiger partial charge in [-0.05, 0) is 49.6 Å². The van der Waals surface area contributed by atoms with Crippen LogP contribution in [0, 0.1) is 5.92 Å². The summed E-state index contributed by atoms with van der Waals surface area (Å²) in [6.07, 6.45) is 2.27. The van der Waals surface area contributed by atoms with E-state index in [-0.39, 0.29) is 12.5 Å². The molecule has 1 amide bonds. The first-order chi connectivity index (χ1) is 14.9. The summed E-state index contributed by atoms with van der Waals surface area (Å²) in [6, 6.07) is 15.1. The summed E-state index contributed by atoms with van der Waals surface area (Å²) >= 11 is 6.37. The average molecular weight is 439 g/mol. The second-order valence-corrected chi connectivity index (χ2v) is 8.15. The number of halogens is 1. The van der Waals surface area contributed by atoms with E-state index in [0.717, 1.165) is 22.0 Å². The molecule has 1 aromatic heterocycles. The zero-order chi connectivity index (χ0) is 22.0. The van der Waals surface area contributed by atoms with E-state index in [2.05, 4.69) is 4.98 Å². The van der Waals surface area contributed by atoms with Gasteiger partial charge in [0.05, 0.1) is 11.4 Å². The summed E-state index contributed by atoms with van der Waals surface area (Å²) in [5, 5.41) is 10.8. The number of aliphatic carboxylic acids is 1. The lowest BCUT2D eigenvalue weighted by molar-refractivity contribution is -0.147. The Morgan fingerprint density at radius 1 is 1.19 bits per heavy atom. The van der Waals surface area contributed by atoms with E-state index in [1.54, 1.807) is 24.1 Å². The summed E-state index contributed by atoms with van der Waals surface area (Å²) in [4.78, 5) is 30.1. The summed E-state index contributed by atoms with van der Waals surface area (Å²) in [5.41, 5.74) is 2.63. The number of carbonyl (C=O) groups is 2. The Morgan fingerprint density at radius 2 is 2.00 bits per heavy atom. The van der Waals surface area contributed by atoms with E-state index >= 15 is 0 Å². The van der Waals surface area contributed by atoms with Crippen LogP contribution in [0.2, 0.25) is 5.02 Å². The molecule has 6 nitrogen and oxygen atoms in total. The number of rotatable bonds is 5. The second kappa shape index (κ2) is 8.94. The van der Waals surface area contributed by atoms with Gasteiger partial charge in [0, 0.05) is 41.3 Å². The lowest BCUT2D eigenvalue weighted by Crippen LogP contribution is -2.47. The van der Waals surface area contributed by atoms with Gasteiger partial charge < -0.3 is 14.7 Å². The van der Waals surface area contributed by atoms with Crippen LogP contribution >= 0.6 is 11.6 Å². The molecule has 2 atom stereocenters. The van der Waals surface area contributed by atoms with Crippen LogP contribution in [0.3, 0.4) is 0 Å². The van der Waals surface area contributed by atoms with Crippen molar-refractivity contribution in [2.24, 2.45) is 5.92 Å². The monoisotopic (exact) mass is 438 g/mol. The quantitative estimate of drug-likeness (QED) is 0.627. The summed E-state index contributed by atoms with van der Waals surface area (Å²) in [5.74, 6) is -1.05. The summed E-state index contributed by atoms with van der Waals surface area (Å²) in [6.45, 7) is 2.46. The number of likely N-dealkylation sites (tertiary alicyclic amines) is 1. The van der Waals surface area contributed by atoms with E-state index < -0.39 is 18.0 Å². The number of amides is 1. The maximum Gasteiger partial charge on any atom is 0.308 e. The number of benzene rings is 2. The number of hydrogen-bond donors (Lipinski definition) is 1. The highest BCUT2D eigenvalue weighted by Gasteiger charge is 2.31. The van der Waals surface area contributed by atoms with E-state index in [9.17, 15) is 14.7 Å². The van der Waals surface area contributed by atoms with Crippen molar-refractivity contribution in [3.63, 3.8) is 0 Å². The second-order valence-electron chi connectivity index (χ2n) is 7.74. The van der Waals surface area contributed by atoms with E-state index in [1.807, 2.05) is 42.5 Å². The molecule has 160 valence electrons. The van der Waals surface area contributed by atoms with Gasteiger partial charge in [-0.2, -0.15) is 0 Å². The van der Waals surface area contributed by atoms with Crippen molar-refractivity contribution in [2.75, 3.05) is 13.1 Å². The number of carboxylic acids is 1. The first kappa shape index (κ1) is 21.1. The first-order valence-electron chi connectivity index (χ1n) is 10.3. The van der Waals surface area contributed by atoms with Gasteiger partial charge in [-0.1, -0.05) is 29.8 Å². The molecular formula is C24H23ClN2O4. The minimum atomic E-state index is -0.860. The number of fused-ring (bicyclic) bond motifs is 1. The lowest BCUT2D eigenvalue weighted by atomic mass is 9.98. The largest absolute Gasteiger partial charge is 0.481 e. The molecule has 7 heteroatoms. The molecule has 4 rings (SSSR count). The number of carboxylic acid groups (broad SMARTS) is 1. The number of ether oxygens (including phenoxy) is 1. The zero-order valence-electron chi connectivity index (χ0n) is 17.1. The topological polar surface area (TPSA) is 79.7 Å². The van der Waals surface area contributed by atoms with Crippen molar-refractivity contribution >= 4 is 34.4 Å². The van der Waals surface area contributed by atoms with Crippen molar-refractivity contribution in [2.45, 2.75) is 25.9 Å². The van der Waals surface area contributed by atoms with Gasteiger partial charge in [0.15, 0.2) is 6.10 Å². The molecule has 1 aliphatic heterocycles. The fraction of sp³-hybridized carbons (Fsp3) is 0.292. The molecule has 0 radical (unpaired) electrons. The SMILES string of the molecule is C[C@H](Oc1ccc2c(-c3ccccc3Cl)ccnc2c1)C(=O)N1CCCC(C(=O)O)C1. The van der Waals surface area contributed by atoms with E-state index in [0.29, 0.717) is 30.2 Å². The molecule has 2 heterocycles. The van der Waals surface area contributed by atoms with Gasteiger partial charge in [0.1, 0.15) is 5.75 Å². The third-order valence-corrected chi connectivity index (χ3v) is 5.95. The van der Waals surface area contributed by atoms with Crippen molar-refractivity contribution in [3.8, 4) is 16.9 Å². The molecular weight excluding hydrogens is 416 g/mol. The van der Waals surface area contributed by atoms with Crippen LogP contribution in [0.25, 0.3) is 22.0 Å². The number of pyridine rings is 1. The predicted octanol–water partition coefficient (Wildman–Crippen LogP) is 4.65. The Morgan fingerprint density at radius 3 is 2.77 bits per heavy atom. The third-order valence-electron chi connectivity index (χ3n) is 5.62. The van der Waals surface area contributed by atoms with Crippen LogP contribution in [0.4, 0.5) is 0 Å². The van der Waals surface area contributed by atoms with Crippen LogP contribution in [0.1, 0.15) is 19.8 Å². The molecule has 1 N–H and O–H groups in total. The highest BCUT2D eigenvalue weighted by molar-refractivity contribution is 6.33. The number of hydrogen-bond acceptors (Lipinski definition) is 4. The molecule has 0 bridgehead atoms. The van der Waals surface area contributed by atoms with Crippen LogP contribution in [0.5, 0.6) is 5.75 Å². The minimum Gasteiger partial charge on any atom is -0.481 e. The number of nitrogens with zero attached hydrogens (tertiary/aromatic N) is 2. The third kappa shape index (κ3) is 4.49. The Labute approximate surface area is 185 Å². The van der Waals surface area contributed by atoms with Crippen LogP contribution in [-0.4, -0.2) is 46.1 Å². The van der Waals surface area contributed by atoms with Crippen LogP contribution < -0.4 is 4.74 Å². The Bertz CT molecular complexity index is 1130. The summed E-state index contributed by atoms with van der Waals surface area (Å²) in [7, 11) is 0. The molecule has 1 saturated heterocycles. The van der Waals surface area contributed by atoms with Gasteiger partial charge in [-0.3, -0.25) is 14.6 Å². The summed E-state index contributed by atoms with van der Waals surface area (Å²) < 4.78 is 5.90. The highest BCUT2D eigenvalue weighted by atomic mass is 35.5. The fourth-order valence-corrected chi connectivity index (χ4v) is 4.24. The Kier molecular flexibility index (Phi) is 6.09. The van der Waals surface area contributed by atoms with Gasteiger partial charge in [0.2, 0.25) is 0 Å². The Hall–Kier alpha value is -3.12. The fourth-order valence-electron chi connectivity index (χ4n) is 4.01. The lowest BCUT2D eigenvalue weighted by Gasteiger charge is -2.32. The smallest absolute Gasteiger partial charge is 0.308 e. The van der Waals surface area contributed by atoms with Crippen molar-refractivity contribution in [1.29, 1.82) is 0 Å². The van der Waals surface area contributed by atoms with Gasteiger partial charge in [-0.15, -0.1) is 0 Å².